The zero-order valence-electron chi connectivity index (χ0n) is 17.7. The van der Waals surface area contributed by atoms with Gasteiger partial charge in [0.25, 0.3) is 5.91 Å². The summed E-state index contributed by atoms with van der Waals surface area (Å²) < 4.78 is 29.2. The van der Waals surface area contributed by atoms with Crippen LogP contribution in [-0.2, 0) is 16.1 Å². The monoisotopic (exact) mass is 435 g/mol. The number of esters is 1. The molecule has 2 atom stereocenters. The van der Waals surface area contributed by atoms with Crippen molar-refractivity contribution in [1.82, 2.24) is 4.90 Å². The Labute approximate surface area is 185 Å². The van der Waals surface area contributed by atoms with Gasteiger partial charge in [0, 0.05) is 6.54 Å². The quantitative estimate of drug-likeness (QED) is 0.412. The number of likely N-dealkylation sites (tertiary alicyclic amines) is 1. The van der Waals surface area contributed by atoms with Gasteiger partial charge in [-0.3, -0.25) is 4.79 Å². The Kier molecular flexibility index (Phi) is 6.07. The highest BCUT2D eigenvalue weighted by atomic mass is 19.1. The molecule has 0 aromatic heterocycles. The number of benzene rings is 3. The molecule has 0 unspecified atom stereocenters. The molecule has 3 aromatic carbocycles. The SMILES string of the molecule is COC(=O)c1ccc([C@H]2[C@@H](Oc3ccc(OC)cc3)C(=O)N2Cc2ccc(F)cc2)cc1. The van der Waals surface area contributed by atoms with Gasteiger partial charge in [0.2, 0.25) is 6.10 Å². The smallest absolute Gasteiger partial charge is 0.337 e. The summed E-state index contributed by atoms with van der Waals surface area (Å²) in [5.41, 5.74) is 2.04. The fourth-order valence-electron chi connectivity index (χ4n) is 3.68. The number of amides is 1. The second-order valence-electron chi connectivity index (χ2n) is 7.37. The van der Waals surface area contributed by atoms with Crippen LogP contribution in [-0.4, -0.2) is 37.1 Å². The van der Waals surface area contributed by atoms with Gasteiger partial charge < -0.3 is 19.1 Å². The fraction of sp³-hybridized carbons (Fsp3) is 0.200. The predicted molar refractivity (Wildman–Crippen MR) is 115 cm³/mol. The highest BCUT2D eigenvalue weighted by Crippen LogP contribution is 2.39. The Morgan fingerprint density at radius 2 is 1.53 bits per heavy atom. The molecule has 0 radical (unpaired) electrons. The lowest BCUT2D eigenvalue weighted by molar-refractivity contribution is -0.165. The van der Waals surface area contributed by atoms with E-state index < -0.39 is 12.1 Å². The van der Waals surface area contributed by atoms with E-state index in [-0.39, 0.29) is 17.8 Å². The average Bonchev–Trinajstić information content (AvgIpc) is 2.84. The van der Waals surface area contributed by atoms with Crippen LogP contribution in [0.1, 0.15) is 27.5 Å². The number of hydrogen-bond donors (Lipinski definition) is 0. The Morgan fingerprint density at radius 1 is 0.906 bits per heavy atom. The summed E-state index contributed by atoms with van der Waals surface area (Å²) in [5, 5.41) is 0. The first-order chi connectivity index (χ1) is 15.5. The third kappa shape index (κ3) is 4.27. The van der Waals surface area contributed by atoms with Crippen LogP contribution in [0.5, 0.6) is 11.5 Å². The highest BCUT2D eigenvalue weighted by Gasteiger charge is 2.50. The fourth-order valence-corrected chi connectivity index (χ4v) is 3.68. The van der Waals surface area contributed by atoms with E-state index in [9.17, 15) is 14.0 Å². The summed E-state index contributed by atoms with van der Waals surface area (Å²) in [6.07, 6.45) is -0.729. The number of carbonyl (C=O) groups excluding carboxylic acids is 2. The van der Waals surface area contributed by atoms with E-state index in [1.807, 2.05) is 0 Å². The molecule has 0 aliphatic carbocycles. The topological polar surface area (TPSA) is 65.1 Å². The van der Waals surface area contributed by atoms with E-state index in [2.05, 4.69) is 0 Å². The highest BCUT2D eigenvalue weighted by molar-refractivity contribution is 5.90. The minimum atomic E-state index is -0.729. The zero-order valence-corrected chi connectivity index (χ0v) is 17.7. The van der Waals surface area contributed by atoms with Crippen molar-refractivity contribution in [3.8, 4) is 11.5 Å². The van der Waals surface area contributed by atoms with E-state index in [0.29, 0.717) is 23.6 Å². The van der Waals surface area contributed by atoms with E-state index in [1.165, 1.54) is 19.2 Å². The summed E-state index contributed by atoms with van der Waals surface area (Å²) in [6, 6.07) is 19.5. The molecule has 1 amide bonds. The molecular formula is C25H22FNO5. The molecule has 3 aromatic rings. The third-order valence-electron chi connectivity index (χ3n) is 5.41. The van der Waals surface area contributed by atoms with Crippen molar-refractivity contribution in [3.05, 3.63) is 95.3 Å². The standard InChI is InChI=1S/C25H22FNO5/c1-30-20-11-13-21(14-12-20)32-23-22(17-5-7-18(8-6-17)25(29)31-2)27(24(23)28)15-16-3-9-19(26)10-4-16/h3-14,22-23H,15H2,1-2H3/t22-,23+/m0/s1. The molecule has 0 saturated carbocycles. The van der Waals surface area contributed by atoms with Gasteiger partial charge >= 0.3 is 5.97 Å². The van der Waals surface area contributed by atoms with Crippen LogP contribution in [0.2, 0.25) is 0 Å². The number of β-lactam (4-membered cyclic amide) rings is 1. The number of rotatable bonds is 7. The number of hydrogen-bond acceptors (Lipinski definition) is 5. The van der Waals surface area contributed by atoms with Crippen molar-refractivity contribution >= 4 is 11.9 Å². The maximum atomic E-state index is 13.3. The van der Waals surface area contributed by atoms with Crippen LogP contribution in [0.25, 0.3) is 0 Å². The molecular weight excluding hydrogens is 413 g/mol. The number of ether oxygens (including phenoxy) is 3. The van der Waals surface area contributed by atoms with Crippen LogP contribution in [0.15, 0.2) is 72.8 Å². The van der Waals surface area contributed by atoms with Crippen molar-refractivity contribution in [1.29, 1.82) is 0 Å². The molecule has 164 valence electrons. The average molecular weight is 435 g/mol. The lowest BCUT2D eigenvalue weighted by Crippen LogP contribution is -2.60. The molecule has 6 nitrogen and oxygen atoms in total. The largest absolute Gasteiger partial charge is 0.497 e. The van der Waals surface area contributed by atoms with Gasteiger partial charge in [-0.05, 0) is 59.7 Å². The molecule has 4 rings (SSSR count). The van der Waals surface area contributed by atoms with Gasteiger partial charge in [-0.2, -0.15) is 0 Å². The second kappa shape index (κ2) is 9.09. The minimum absolute atomic E-state index is 0.174. The minimum Gasteiger partial charge on any atom is -0.497 e. The Bertz CT molecular complexity index is 1100. The van der Waals surface area contributed by atoms with E-state index in [4.69, 9.17) is 14.2 Å². The van der Waals surface area contributed by atoms with Crippen LogP contribution < -0.4 is 9.47 Å². The van der Waals surface area contributed by atoms with Crippen LogP contribution in [0.3, 0.4) is 0 Å². The number of methoxy groups -OCH3 is 2. The first-order valence-corrected chi connectivity index (χ1v) is 10.0. The lowest BCUT2D eigenvalue weighted by Gasteiger charge is -2.47. The van der Waals surface area contributed by atoms with Crippen LogP contribution in [0.4, 0.5) is 4.39 Å². The van der Waals surface area contributed by atoms with Crippen molar-refractivity contribution in [3.63, 3.8) is 0 Å². The van der Waals surface area contributed by atoms with Gasteiger partial charge in [0.1, 0.15) is 23.4 Å². The van der Waals surface area contributed by atoms with E-state index >= 15 is 0 Å². The third-order valence-corrected chi connectivity index (χ3v) is 5.41. The van der Waals surface area contributed by atoms with Crippen molar-refractivity contribution < 1.29 is 28.2 Å². The molecule has 1 heterocycles. The molecule has 0 N–H and O–H groups in total. The molecule has 1 fully saturated rings. The van der Waals surface area contributed by atoms with Gasteiger partial charge in [0.05, 0.1) is 19.8 Å². The lowest BCUT2D eigenvalue weighted by atomic mass is 9.89. The van der Waals surface area contributed by atoms with Crippen LogP contribution in [0, 0.1) is 5.82 Å². The maximum Gasteiger partial charge on any atom is 0.337 e. The molecule has 32 heavy (non-hydrogen) atoms. The van der Waals surface area contributed by atoms with Crippen molar-refractivity contribution in [2.45, 2.75) is 18.7 Å². The van der Waals surface area contributed by atoms with Crippen LogP contribution >= 0.6 is 0 Å². The molecule has 0 bridgehead atoms. The first kappa shape index (κ1) is 21.4. The van der Waals surface area contributed by atoms with Crippen molar-refractivity contribution in [2.24, 2.45) is 0 Å². The first-order valence-electron chi connectivity index (χ1n) is 10.0. The van der Waals surface area contributed by atoms with Gasteiger partial charge in [-0.25, -0.2) is 9.18 Å². The Balaban J connectivity index is 1.60. The van der Waals surface area contributed by atoms with E-state index in [1.54, 1.807) is 72.7 Å². The zero-order chi connectivity index (χ0) is 22.7. The van der Waals surface area contributed by atoms with Gasteiger partial charge in [-0.15, -0.1) is 0 Å². The maximum absolute atomic E-state index is 13.3. The predicted octanol–water partition coefficient (Wildman–Crippen LogP) is 4.15. The summed E-state index contributed by atoms with van der Waals surface area (Å²) in [5.74, 6) is 0.286. The molecule has 1 aliphatic heterocycles. The number of halogens is 1. The second-order valence-corrected chi connectivity index (χ2v) is 7.37. The Morgan fingerprint density at radius 3 is 2.12 bits per heavy atom. The number of nitrogens with zero attached hydrogens (tertiary/aromatic N) is 1. The Hall–Kier alpha value is -3.87. The van der Waals surface area contributed by atoms with E-state index in [0.717, 1.165) is 11.1 Å². The molecule has 1 aliphatic rings. The number of carbonyl (C=O) groups is 2. The molecule has 7 heteroatoms. The summed E-state index contributed by atoms with van der Waals surface area (Å²) in [7, 11) is 2.90. The summed E-state index contributed by atoms with van der Waals surface area (Å²) in [4.78, 5) is 26.4. The van der Waals surface area contributed by atoms with Gasteiger partial charge in [-0.1, -0.05) is 24.3 Å². The normalized spacial score (nSPS) is 17.5. The molecule has 0 spiro atoms. The molecule has 1 saturated heterocycles. The summed E-state index contributed by atoms with van der Waals surface area (Å²) in [6.45, 7) is 0.311. The van der Waals surface area contributed by atoms with Gasteiger partial charge in [0.15, 0.2) is 0 Å². The van der Waals surface area contributed by atoms with Crippen molar-refractivity contribution in [2.75, 3.05) is 14.2 Å². The summed E-state index contributed by atoms with van der Waals surface area (Å²) >= 11 is 0.